The molecule has 3 aromatic rings. The zero-order valence-electron chi connectivity index (χ0n) is 11.7. The van der Waals surface area contributed by atoms with Crippen molar-refractivity contribution in [1.82, 2.24) is 4.98 Å². The zero-order valence-corrected chi connectivity index (χ0v) is 11.7. The third-order valence-electron chi connectivity index (χ3n) is 2.96. The number of hydrogen-bond donors (Lipinski definition) is 1. The van der Waals surface area contributed by atoms with E-state index in [0.29, 0.717) is 17.0 Å². The highest BCUT2D eigenvalue weighted by Crippen LogP contribution is 2.26. The van der Waals surface area contributed by atoms with Gasteiger partial charge in [0.05, 0.1) is 18.2 Å². The highest BCUT2D eigenvalue weighted by Gasteiger charge is 2.14. The minimum atomic E-state index is -0.349. The average Bonchev–Trinajstić information content (AvgIpc) is 3.15. The molecule has 6 heteroatoms. The normalized spacial score (nSPS) is 11.1. The molecule has 0 atom stereocenters. The maximum Gasteiger partial charge on any atom is 0.312 e. The Morgan fingerprint density at radius 2 is 2.18 bits per heavy atom. The lowest BCUT2D eigenvalue weighted by Crippen LogP contribution is -1.90. The first-order valence-corrected chi connectivity index (χ1v) is 6.52. The molecule has 1 N–H and O–H groups in total. The van der Waals surface area contributed by atoms with Crippen molar-refractivity contribution in [3.05, 3.63) is 53.9 Å². The molecular weight excluding hydrogens is 284 g/mol. The van der Waals surface area contributed by atoms with Gasteiger partial charge in [-0.2, -0.15) is 0 Å². The van der Waals surface area contributed by atoms with Gasteiger partial charge in [-0.15, -0.1) is 0 Å². The predicted molar refractivity (Wildman–Crippen MR) is 79.6 cm³/mol. The van der Waals surface area contributed by atoms with Gasteiger partial charge in [0.25, 0.3) is 5.89 Å². The van der Waals surface area contributed by atoms with Gasteiger partial charge in [0.1, 0.15) is 0 Å². The maximum absolute atomic E-state index is 11.3. The highest BCUT2D eigenvalue weighted by atomic mass is 16.5. The van der Waals surface area contributed by atoms with Crippen LogP contribution < -0.4 is 0 Å². The van der Waals surface area contributed by atoms with Crippen LogP contribution in [0.15, 0.2) is 56.5 Å². The molecule has 0 aliphatic rings. The molecule has 0 fully saturated rings. The topological polar surface area (TPSA) is 88.8 Å². The molecule has 6 nitrogen and oxygen atoms in total. The fourth-order valence-corrected chi connectivity index (χ4v) is 1.85. The van der Waals surface area contributed by atoms with E-state index in [-0.39, 0.29) is 23.3 Å². The van der Waals surface area contributed by atoms with Crippen LogP contribution in [0, 0.1) is 0 Å². The van der Waals surface area contributed by atoms with Gasteiger partial charge in [0, 0.05) is 5.56 Å². The number of aromatic hydroxyl groups is 1. The second-order valence-corrected chi connectivity index (χ2v) is 4.55. The molecule has 110 valence electrons. The second-order valence-electron chi connectivity index (χ2n) is 4.55. The number of aromatic nitrogens is 1. The maximum atomic E-state index is 11.3. The van der Waals surface area contributed by atoms with Gasteiger partial charge in [-0.1, -0.05) is 12.1 Å². The number of nitrogens with zero attached hydrogens (tertiary/aromatic N) is 2. The Morgan fingerprint density at radius 1 is 1.32 bits per heavy atom. The fourth-order valence-electron chi connectivity index (χ4n) is 1.85. The van der Waals surface area contributed by atoms with Crippen LogP contribution in [0.5, 0.6) is 5.95 Å². The standard InChI is InChI=1S/C16H12N2O4/c1-10(19)11-4-2-5-12(8-11)17-9-13-16(20)22-15(18-13)14-6-3-7-21-14/h2-9,20H,1H3. The minimum Gasteiger partial charge on any atom is -0.479 e. The van der Waals surface area contributed by atoms with Gasteiger partial charge in [0.15, 0.2) is 17.2 Å². The molecule has 3 rings (SSSR count). The van der Waals surface area contributed by atoms with Crippen LogP contribution >= 0.6 is 0 Å². The predicted octanol–water partition coefficient (Wildman–Crippen LogP) is 3.59. The van der Waals surface area contributed by atoms with Crippen molar-refractivity contribution in [3.63, 3.8) is 0 Å². The molecule has 2 aromatic heterocycles. The minimum absolute atomic E-state index is 0.0403. The lowest BCUT2D eigenvalue weighted by atomic mass is 10.1. The number of carbonyl (C=O) groups excluding carboxylic acids is 1. The molecule has 0 aliphatic carbocycles. The van der Waals surface area contributed by atoms with Crippen molar-refractivity contribution in [2.24, 2.45) is 4.99 Å². The summed E-state index contributed by atoms with van der Waals surface area (Å²) in [6, 6.07) is 10.2. The number of oxazole rings is 1. The molecule has 0 saturated carbocycles. The number of carbonyl (C=O) groups is 1. The lowest BCUT2D eigenvalue weighted by Gasteiger charge is -1.96. The summed E-state index contributed by atoms with van der Waals surface area (Å²) >= 11 is 0. The molecule has 0 bridgehead atoms. The van der Waals surface area contributed by atoms with E-state index in [1.54, 1.807) is 36.4 Å². The van der Waals surface area contributed by atoms with Gasteiger partial charge >= 0.3 is 5.95 Å². The van der Waals surface area contributed by atoms with E-state index in [2.05, 4.69) is 9.98 Å². The highest BCUT2D eigenvalue weighted by molar-refractivity contribution is 5.95. The first-order valence-electron chi connectivity index (χ1n) is 6.52. The zero-order chi connectivity index (χ0) is 15.5. The number of rotatable bonds is 4. The van der Waals surface area contributed by atoms with Crippen molar-refractivity contribution in [3.8, 4) is 17.6 Å². The molecular formula is C16H12N2O4. The van der Waals surface area contributed by atoms with Crippen LogP contribution in [-0.2, 0) is 0 Å². The van der Waals surface area contributed by atoms with E-state index in [1.807, 2.05) is 0 Å². The Kier molecular flexibility index (Phi) is 3.57. The van der Waals surface area contributed by atoms with Crippen LogP contribution in [0.1, 0.15) is 23.0 Å². The molecule has 0 aliphatic heterocycles. The van der Waals surface area contributed by atoms with E-state index in [4.69, 9.17) is 8.83 Å². The molecule has 0 saturated heterocycles. The van der Waals surface area contributed by atoms with Crippen LogP contribution in [-0.4, -0.2) is 22.1 Å². The number of ketones is 1. The first kappa shape index (κ1) is 13.8. The van der Waals surface area contributed by atoms with E-state index in [9.17, 15) is 9.90 Å². The van der Waals surface area contributed by atoms with Gasteiger partial charge in [-0.25, -0.2) is 4.98 Å². The third kappa shape index (κ3) is 2.80. The molecule has 0 unspecified atom stereocenters. The van der Waals surface area contributed by atoms with Gasteiger partial charge in [0.2, 0.25) is 0 Å². The van der Waals surface area contributed by atoms with E-state index in [1.165, 1.54) is 19.4 Å². The Hall–Kier alpha value is -3.15. The summed E-state index contributed by atoms with van der Waals surface area (Å²) in [5.74, 6) is 0.189. The van der Waals surface area contributed by atoms with Gasteiger partial charge in [-0.05, 0) is 31.2 Å². The molecule has 0 amide bonds. The quantitative estimate of drug-likeness (QED) is 0.587. The number of furan rings is 1. The summed E-state index contributed by atoms with van der Waals surface area (Å²) in [4.78, 5) is 19.6. The fraction of sp³-hybridized carbons (Fsp3) is 0.0625. The van der Waals surface area contributed by atoms with Crippen molar-refractivity contribution in [2.45, 2.75) is 6.92 Å². The van der Waals surface area contributed by atoms with Gasteiger partial charge < -0.3 is 13.9 Å². The monoisotopic (exact) mass is 296 g/mol. The van der Waals surface area contributed by atoms with E-state index < -0.39 is 0 Å². The molecule has 1 aromatic carbocycles. The van der Waals surface area contributed by atoms with Crippen LogP contribution in [0.4, 0.5) is 5.69 Å². The molecule has 0 radical (unpaired) electrons. The van der Waals surface area contributed by atoms with Crippen molar-refractivity contribution >= 4 is 17.7 Å². The molecule has 2 heterocycles. The molecule has 0 spiro atoms. The summed E-state index contributed by atoms with van der Waals surface area (Å²) < 4.78 is 10.3. The Balaban J connectivity index is 1.87. The smallest absolute Gasteiger partial charge is 0.312 e. The summed E-state index contributed by atoms with van der Waals surface area (Å²) in [5, 5.41) is 9.73. The van der Waals surface area contributed by atoms with E-state index in [0.717, 1.165) is 0 Å². The lowest BCUT2D eigenvalue weighted by molar-refractivity contribution is 0.101. The summed E-state index contributed by atoms with van der Waals surface area (Å²) in [5.41, 5.74) is 1.32. The summed E-state index contributed by atoms with van der Waals surface area (Å²) in [6.07, 6.45) is 2.85. The average molecular weight is 296 g/mol. The van der Waals surface area contributed by atoms with E-state index >= 15 is 0 Å². The van der Waals surface area contributed by atoms with Crippen molar-refractivity contribution < 1.29 is 18.7 Å². The van der Waals surface area contributed by atoms with Crippen LogP contribution in [0.3, 0.4) is 0 Å². The molecule has 22 heavy (non-hydrogen) atoms. The number of hydrogen-bond acceptors (Lipinski definition) is 6. The number of Topliss-reactive ketones (excluding diaryl/α,β-unsaturated/α-hetero) is 1. The second kappa shape index (κ2) is 5.69. The summed E-state index contributed by atoms with van der Waals surface area (Å²) in [7, 11) is 0. The SMILES string of the molecule is CC(=O)c1cccc(N=Cc2nc(-c3ccco3)oc2O)c1. The van der Waals surface area contributed by atoms with Gasteiger partial charge in [-0.3, -0.25) is 9.79 Å². The number of benzene rings is 1. The van der Waals surface area contributed by atoms with Crippen molar-refractivity contribution in [2.75, 3.05) is 0 Å². The number of aliphatic imine (C=N–C) groups is 1. The first-order chi connectivity index (χ1) is 10.6. The van der Waals surface area contributed by atoms with Crippen LogP contribution in [0.25, 0.3) is 11.7 Å². The Morgan fingerprint density at radius 3 is 2.91 bits per heavy atom. The largest absolute Gasteiger partial charge is 0.479 e. The Bertz CT molecular complexity index is 832. The Labute approximate surface area is 125 Å². The van der Waals surface area contributed by atoms with Crippen molar-refractivity contribution in [1.29, 1.82) is 0 Å². The third-order valence-corrected chi connectivity index (χ3v) is 2.96. The summed E-state index contributed by atoms with van der Waals surface area (Å²) in [6.45, 7) is 1.49. The van der Waals surface area contributed by atoms with Crippen LogP contribution in [0.2, 0.25) is 0 Å².